The van der Waals surface area contributed by atoms with Gasteiger partial charge in [0.05, 0.1) is 35.1 Å². The third-order valence-electron chi connectivity index (χ3n) is 3.23. The van der Waals surface area contributed by atoms with Crippen LogP contribution >= 0.6 is 0 Å². The summed E-state index contributed by atoms with van der Waals surface area (Å²) in [5, 5.41) is 0. The molecular formula is C14H14N4O5S. The van der Waals surface area contributed by atoms with E-state index in [1.807, 2.05) is 0 Å². The molecule has 1 N–H and O–H groups in total. The number of fused-ring (bicyclic) bond motifs is 1. The van der Waals surface area contributed by atoms with E-state index < -0.39 is 15.8 Å². The number of anilines is 1. The maximum atomic E-state index is 12.5. The topological polar surface area (TPSA) is 116 Å². The van der Waals surface area contributed by atoms with Crippen LogP contribution in [0.1, 0.15) is 6.92 Å². The normalized spacial score (nSPS) is 11.6. The van der Waals surface area contributed by atoms with Crippen LogP contribution in [0.5, 0.6) is 6.01 Å². The summed E-state index contributed by atoms with van der Waals surface area (Å²) in [7, 11) is -2.37. The number of aryl methyl sites for hydroxylation is 1. The van der Waals surface area contributed by atoms with Crippen LogP contribution in [0.15, 0.2) is 44.7 Å². The maximum Gasteiger partial charge on any atom is 0.419 e. The van der Waals surface area contributed by atoms with Crippen LogP contribution in [0, 0.1) is 0 Å². The second-order valence-electron chi connectivity index (χ2n) is 4.85. The molecule has 0 aliphatic carbocycles. The van der Waals surface area contributed by atoms with E-state index in [4.69, 9.17) is 9.15 Å². The lowest BCUT2D eigenvalue weighted by molar-refractivity contribution is 0.312. The Bertz CT molecular complexity index is 1040. The van der Waals surface area contributed by atoms with Gasteiger partial charge in [0.25, 0.3) is 10.0 Å². The van der Waals surface area contributed by atoms with Crippen molar-refractivity contribution in [3.8, 4) is 6.01 Å². The Hall–Kier alpha value is -2.88. The highest BCUT2D eigenvalue weighted by atomic mass is 32.2. The lowest BCUT2D eigenvalue weighted by Gasteiger charge is -2.08. The third kappa shape index (κ3) is 2.95. The lowest BCUT2D eigenvalue weighted by atomic mass is 10.3. The second-order valence-corrected chi connectivity index (χ2v) is 6.53. The summed E-state index contributed by atoms with van der Waals surface area (Å²) in [6.07, 6.45) is 2.61. The highest BCUT2D eigenvalue weighted by Gasteiger charge is 2.17. The SMILES string of the molecule is CCOc1ncc(NS(=O)(=O)c2ccc3oc(=O)n(C)c3c2)cn1. The van der Waals surface area contributed by atoms with Gasteiger partial charge in [-0.3, -0.25) is 9.29 Å². The number of nitrogens with one attached hydrogen (secondary N) is 1. The molecule has 2 heterocycles. The van der Waals surface area contributed by atoms with Gasteiger partial charge in [0.15, 0.2) is 5.58 Å². The van der Waals surface area contributed by atoms with E-state index in [0.717, 1.165) is 0 Å². The number of benzene rings is 1. The lowest BCUT2D eigenvalue weighted by Crippen LogP contribution is -2.14. The minimum absolute atomic E-state index is 0.0136. The van der Waals surface area contributed by atoms with Gasteiger partial charge < -0.3 is 9.15 Å². The molecule has 0 aliphatic heterocycles. The van der Waals surface area contributed by atoms with Crippen LogP contribution in [0.4, 0.5) is 5.69 Å². The molecule has 0 atom stereocenters. The summed E-state index contributed by atoms with van der Waals surface area (Å²) >= 11 is 0. The van der Waals surface area contributed by atoms with Crippen LogP contribution in [-0.4, -0.2) is 29.6 Å². The zero-order valence-electron chi connectivity index (χ0n) is 12.9. The first-order valence-corrected chi connectivity index (χ1v) is 8.46. The molecular weight excluding hydrogens is 336 g/mol. The van der Waals surface area contributed by atoms with E-state index in [-0.39, 0.29) is 16.6 Å². The van der Waals surface area contributed by atoms with Gasteiger partial charge in [-0.1, -0.05) is 0 Å². The molecule has 0 aliphatic rings. The minimum Gasteiger partial charge on any atom is -0.464 e. The van der Waals surface area contributed by atoms with Crippen molar-refractivity contribution in [2.75, 3.05) is 11.3 Å². The van der Waals surface area contributed by atoms with Crippen molar-refractivity contribution in [1.82, 2.24) is 14.5 Å². The first-order chi connectivity index (χ1) is 11.4. The summed E-state index contributed by atoms with van der Waals surface area (Å²) in [5.41, 5.74) is 0.885. The standard InChI is InChI=1S/C14H14N4O5S/c1-3-22-13-15-7-9(8-16-13)17-24(20,21)10-4-5-12-11(6-10)18(2)14(19)23-12/h4-8,17H,3H2,1-2H3. The van der Waals surface area contributed by atoms with Crippen LogP contribution in [0.3, 0.4) is 0 Å². The van der Waals surface area contributed by atoms with Crippen LogP contribution in [0.25, 0.3) is 11.1 Å². The fourth-order valence-electron chi connectivity index (χ4n) is 2.06. The van der Waals surface area contributed by atoms with Gasteiger partial charge in [-0.2, -0.15) is 0 Å². The van der Waals surface area contributed by atoms with E-state index in [2.05, 4.69) is 14.7 Å². The summed E-state index contributed by atoms with van der Waals surface area (Å²) in [6, 6.07) is 4.30. The van der Waals surface area contributed by atoms with Crippen LogP contribution in [-0.2, 0) is 17.1 Å². The van der Waals surface area contributed by atoms with Gasteiger partial charge in [-0.05, 0) is 25.1 Å². The second kappa shape index (κ2) is 5.96. The molecule has 0 spiro atoms. The molecule has 126 valence electrons. The van der Waals surface area contributed by atoms with Crippen molar-refractivity contribution in [3.63, 3.8) is 0 Å². The van der Waals surface area contributed by atoms with Crippen molar-refractivity contribution < 1.29 is 17.6 Å². The first-order valence-electron chi connectivity index (χ1n) is 6.98. The molecule has 3 rings (SSSR count). The number of oxazole rings is 1. The highest BCUT2D eigenvalue weighted by Crippen LogP contribution is 2.20. The molecule has 0 saturated carbocycles. The Labute approximate surface area is 137 Å². The van der Waals surface area contributed by atoms with E-state index in [9.17, 15) is 13.2 Å². The summed E-state index contributed by atoms with van der Waals surface area (Å²) in [4.78, 5) is 19.3. The Morgan fingerprint density at radius 1 is 1.29 bits per heavy atom. The quantitative estimate of drug-likeness (QED) is 0.733. The Morgan fingerprint density at radius 2 is 2.00 bits per heavy atom. The summed E-state index contributed by atoms with van der Waals surface area (Å²) < 4.78 is 38.6. The summed E-state index contributed by atoms with van der Waals surface area (Å²) in [6.45, 7) is 2.20. The van der Waals surface area contributed by atoms with Gasteiger partial charge in [0.1, 0.15) is 0 Å². The molecule has 1 aromatic carbocycles. The molecule has 0 bridgehead atoms. The number of aromatic nitrogens is 3. The fraction of sp³-hybridized carbons (Fsp3) is 0.214. The van der Waals surface area contributed by atoms with Gasteiger partial charge in [-0.15, -0.1) is 0 Å². The van der Waals surface area contributed by atoms with E-state index in [1.165, 1.54) is 42.2 Å². The van der Waals surface area contributed by atoms with Crippen molar-refractivity contribution in [2.45, 2.75) is 11.8 Å². The van der Waals surface area contributed by atoms with Crippen LogP contribution < -0.4 is 15.2 Å². The van der Waals surface area contributed by atoms with Crippen molar-refractivity contribution in [2.24, 2.45) is 7.05 Å². The average molecular weight is 350 g/mol. The van der Waals surface area contributed by atoms with Gasteiger partial charge in [-0.25, -0.2) is 23.2 Å². The maximum absolute atomic E-state index is 12.5. The fourth-order valence-corrected chi connectivity index (χ4v) is 3.11. The average Bonchev–Trinajstić information content (AvgIpc) is 2.84. The largest absolute Gasteiger partial charge is 0.464 e. The molecule has 9 nitrogen and oxygen atoms in total. The Kier molecular flexibility index (Phi) is 3.97. The van der Waals surface area contributed by atoms with E-state index >= 15 is 0 Å². The first kappa shape index (κ1) is 16.0. The monoisotopic (exact) mass is 350 g/mol. The number of rotatable bonds is 5. The number of sulfonamides is 1. The zero-order chi connectivity index (χ0) is 17.3. The van der Waals surface area contributed by atoms with Crippen molar-refractivity contribution in [1.29, 1.82) is 0 Å². The smallest absolute Gasteiger partial charge is 0.419 e. The third-order valence-corrected chi connectivity index (χ3v) is 4.61. The predicted molar refractivity (Wildman–Crippen MR) is 85.5 cm³/mol. The number of ether oxygens (including phenoxy) is 1. The number of hydrogen-bond donors (Lipinski definition) is 1. The Morgan fingerprint density at radius 3 is 2.67 bits per heavy atom. The van der Waals surface area contributed by atoms with Gasteiger partial charge >= 0.3 is 11.8 Å². The highest BCUT2D eigenvalue weighted by molar-refractivity contribution is 7.92. The zero-order valence-corrected chi connectivity index (χ0v) is 13.7. The molecule has 0 amide bonds. The summed E-state index contributed by atoms with van der Waals surface area (Å²) in [5.74, 6) is -0.563. The van der Waals surface area contributed by atoms with Gasteiger partial charge in [0.2, 0.25) is 0 Å². The predicted octanol–water partition coefficient (Wildman–Crippen LogP) is 1.12. The molecule has 3 aromatic rings. The van der Waals surface area contributed by atoms with E-state index in [1.54, 1.807) is 6.92 Å². The number of hydrogen-bond acceptors (Lipinski definition) is 7. The van der Waals surface area contributed by atoms with Crippen molar-refractivity contribution in [3.05, 3.63) is 41.1 Å². The molecule has 24 heavy (non-hydrogen) atoms. The molecule has 0 unspecified atom stereocenters. The van der Waals surface area contributed by atoms with Gasteiger partial charge in [0, 0.05) is 7.05 Å². The molecule has 0 fully saturated rings. The van der Waals surface area contributed by atoms with Crippen LogP contribution in [0.2, 0.25) is 0 Å². The molecule has 2 aromatic heterocycles. The number of nitrogens with zero attached hydrogens (tertiary/aromatic N) is 3. The molecule has 0 radical (unpaired) electrons. The minimum atomic E-state index is -3.87. The molecule has 10 heteroatoms. The molecule has 0 saturated heterocycles. The Balaban J connectivity index is 1.92. The van der Waals surface area contributed by atoms with E-state index in [0.29, 0.717) is 17.7 Å². The van der Waals surface area contributed by atoms with Crippen molar-refractivity contribution >= 4 is 26.8 Å².